The molecule has 0 heterocycles. The molecule has 4 rings (SSSR count). The van der Waals surface area contributed by atoms with Crippen LogP contribution < -0.4 is 34.3 Å². The topological polar surface area (TPSA) is 226 Å². The zero-order valence-electron chi connectivity index (χ0n) is 21.1. The first-order valence-corrected chi connectivity index (χ1v) is 15.6. The van der Waals surface area contributed by atoms with E-state index in [4.69, 9.17) is 0 Å². The van der Waals surface area contributed by atoms with Crippen LogP contribution in [0.5, 0.6) is 5.75 Å². The summed E-state index contributed by atoms with van der Waals surface area (Å²) in [4.78, 5) is 8.57. The van der Waals surface area contributed by atoms with Gasteiger partial charge < -0.3 is 9.66 Å². The van der Waals surface area contributed by atoms with Gasteiger partial charge in [-0.15, -0.1) is 10.2 Å². The van der Waals surface area contributed by atoms with Crippen LogP contribution in [-0.4, -0.2) is 46.1 Å². The number of nitro groups is 1. The van der Waals surface area contributed by atoms with Crippen LogP contribution in [0.2, 0.25) is 0 Å². The number of anilines is 1. The van der Waals surface area contributed by atoms with Gasteiger partial charge in [-0.2, -0.15) is 0 Å². The fraction of sp³-hybridized carbons (Fsp3) is 0.0435. The summed E-state index contributed by atoms with van der Waals surface area (Å²) in [6.45, 7) is 0. The molecule has 0 unspecified atom stereocenters. The summed E-state index contributed by atoms with van der Waals surface area (Å²) in [5, 5.41) is 29.6. The fourth-order valence-electron chi connectivity index (χ4n) is 3.65. The summed E-state index contributed by atoms with van der Waals surface area (Å²) >= 11 is 0. The Labute approximate surface area is 255 Å². The monoisotopic (exact) mass is 628 g/mol. The number of non-ortho nitro benzene ring substituents is 1. The van der Waals surface area contributed by atoms with Crippen LogP contribution in [0.15, 0.2) is 97.7 Å². The zero-order chi connectivity index (χ0) is 29.5. The van der Waals surface area contributed by atoms with Crippen molar-refractivity contribution in [3.8, 4) is 5.75 Å². The van der Waals surface area contributed by atoms with E-state index in [0.717, 1.165) is 42.7 Å². The molecule has 4 aromatic carbocycles. The Morgan fingerprint density at radius 1 is 0.829 bits per heavy atom. The molecule has 0 aliphatic rings. The molecule has 18 heteroatoms. The number of sulfonamides is 1. The first-order chi connectivity index (χ1) is 18.6. The number of nitrogens with one attached hydrogen (secondary N) is 1. The molecule has 2 N–H and O–H groups in total. The Bertz CT molecular complexity index is 2050. The Balaban J connectivity index is 0.00000462. The molecular weight excluding hydrogens is 611 g/mol. The van der Waals surface area contributed by atoms with Crippen LogP contribution in [0.25, 0.3) is 10.8 Å². The minimum absolute atomic E-state index is 0. The Kier molecular flexibility index (Phi) is 9.23. The number of benzene rings is 4. The van der Waals surface area contributed by atoms with E-state index in [1.54, 1.807) is 0 Å². The minimum atomic E-state index is -4.94. The molecule has 0 spiro atoms. The average Bonchev–Trinajstić information content (AvgIpc) is 2.87. The molecule has 0 aromatic heterocycles. The van der Waals surface area contributed by atoms with E-state index in [9.17, 15) is 45.0 Å². The van der Waals surface area contributed by atoms with Crippen molar-refractivity contribution in [1.29, 1.82) is 0 Å². The average molecular weight is 629 g/mol. The van der Waals surface area contributed by atoms with Gasteiger partial charge in [-0.1, -0.05) is 18.2 Å². The van der Waals surface area contributed by atoms with E-state index in [-0.39, 0.29) is 63.1 Å². The minimum Gasteiger partial charge on any atom is -0.744 e. The smallest absolute Gasteiger partial charge is 0.744 e. The van der Waals surface area contributed by atoms with Crippen molar-refractivity contribution in [1.82, 2.24) is 0 Å². The number of azo groups is 1. The molecule has 0 radical (unpaired) electrons. The van der Waals surface area contributed by atoms with Crippen LogP contribution in [0.1, 0.15) is 0 Å². The van der Waals surface area contributed by atoms with E-state index >= 15 is 0 Å². The van der Waals surface area contributed by atoms with Gasteiger partial charge in [0.2, 0.25) is 0 Å². The van der Waals surface area contributed by atoms with Crippen LogP contribution in [0.4, 0.5) is 22.7 Å². The number of aromatic hydroxyl groups is 1. The molecule has 0 aliphatic carbocycles. The number of sulfone groups is 1. The molecule has 0 aliphatic heterocycles. The van der Waals surface area contributed by atoms with E-state index in [1.807, 2.05) is 0 Å². The summed E-state index contributed by atoms with van der Waals surface area (Å²) in [5.74, 6) is -0.262. The molecule has 208 valence electrons. The number of nitrogens with zero attached hydrogens (tertiary/aromatic N) is 3. The van der Waals surface area contributed by atoms with Crippen molar-refractivity contribution in [3.05, 3.63) is 82.9 Å². The molecule has 0 atom stereocenters. The Morgan fingerprint density at radius 2 is 1.44 bits per heavy atom. The normalized spacial score (nSPS) is 12.2. The zero-order valence-corrected chi connectivity index (χ0v) is 25.6. The molecule has 0 amide bonds. The number of hydrogen-bond donors (Lipinski definition) is 2. The van der Waals surface area contributed by atoms with Gasteiger partial charge in [-0.25, -0.2) is 25.3 Å². The standard InChI is InChI=1S/C23H18N4O10S3.Na/c1-38(31,32)22-12-14(27(29)30)8-9-18(22)24-25-19-10-11-21(28)17-6-3-7-20(23(17)19)26-39(33,34)15-4-2-5-16(13-15)40(35,36)37;/h2-13,26,28H,1H3,(H,35,36,37);/q;+1/p-1. The van der Waals surface area contributed by atoms with Crippen LogP contribution in [0.3, 0.4) is 0 Å². The molecule has 0 bridgehead atoms. The van der Waals surface area contributed by atoms with Gasteiger partial charge in [0.1, 0.15) is 26.5 Å². The SMILES string of the molecule is CS(=O)(=O)c1cc([N+](=O)[O-])ccc1N=Nc1ccc(O)c2cccc(NS(=O)(=O)c3cccc(S(=O)(=O)[O-])c3)c12.[Na+]. The molecule has 0 fully saturated rings. The molecule has 0 saturated heterocycles. The molecule has 41 heavy (non-hydrogen) atoms. The van der Waals surface area contributed by atoms with E-state index in [0.29, 0.717) is 6.07 Å². The van der Waals surface area contributed by atoms with Crippen LogP contribution in [-0.2, 0) is 30.0 Å². The third-order valence-corrected chi connectivity index (χ3v) is 8.78. The van der Waals surface area contributed by atoms with Gasteiger partial charge in [0.25, 0.3) is 15.7 Å². The number of rotatable bonds is 8. The van der Waals surface area contributed by atoms with Gasteiger partial charge >= 0.3 is 29.6 Å². The van der Waals surface area contributed by atoms with Crippen molar-refractivity contribution in [3.63, 3.8) is 0 Å². The predicted molar refractivity (Wildman–Crippen MR) is 141 cm³/mol. The third-order valence-electron chi connectivity index (χ3n) is 5.46. The summed E-state index contributed by atoms with van der Waals surface area (Å²) in [6, 6.07) is 13.4. The van der Waals surface area contributed by atoms with Crippen molar-refractivity contribution in [2.45, 2.75) is 14.7 Å². The Morgan fingerprint density at radius 3 is 2.07 bits per heavy atom. The van der Waals surface area contributed by atoms with Crippen LogP contribution in [0, 0.1) is 10.1 Å². The number of fused-ring (bicyclic) bond motifs is 1. The van der Waals surface area contributed by atoms with Gasteiger partial charge in [-0.05, 0) is 42.5 Å². The van der Waals surface area contributed by atoms with E-state index < -0.39 is 55.3 Å². The number of nitro benzene ring substituents is 1. The summed E-state index contributed by atoms with van der Waals surface area (Å²) in [6.07, 6.45) is 0.834. The second kappa shape index (κ2) is 11.8. The number of hydrogen-bond acceptors (Lipinski definition) is 12. The van der Waals surface area contributed by atoms with Crippen molar-refractivity contribution >= 4 is 63.5 Å². The second-order valence-corrected chi connectivity index (χ2v) is 13.3. The van der Waals surface area contributed by atoms with Crippen molar-refractivity contribution in [2.75, 3.05) is 11.0 Å². The molecule has 4 aromatic rings. The first kappa shape index (κ1) is 32.1. The largest absolute Gasteiger partial charge is 1.00 e. The van der Waals surface area contributed by atoms with Crippen molar-refractivity contribution in [2.24, 2.45) is 10.2 Å². The number of phenols is 1. The Hall–Kier alpha value is -3.45. The summed E-state index contributed by atoms with van der Waals surface area (Å²) in [5.41, 5.74) is -0.868. The quantitative estimate of drug-likeness (QED) is 0.0924. The van der Waals surface area contributed by atoms with E-state index in [1.165, 1.54) is 30.3 Å². The third kappa shape index (κ3) is 7.07. The van der Waals surface area contributed by atoms with E-state index in [2.05, 4.69) is 15.0 Å². The summed E-state index contributed by atoms with van der Waals surface area (Å²) < 4.78 is 87.0. The van der Waals surface area contributed by atoms with Crippen LogP contribution >= 0.6 is 0 Å². The summed E-state index contributed by atoms with van der Waals surface area (Å²) in [7, 11) is -13.4. The molecular formula is C23H17N4NaO10S3. The predicted octanol–water partition coefficient (Wildman–Crippen LogP) is 0.981. The number of phenolic OH excluding ortho intramolecular Hbond substituents is 1. The maximum Gasteiger partial charge on any atom is 1.00 e. The molecule has 0 saturated carbocycles. The second-order valence-electron chi connectivity index (χ2n) is 8.25. The maximum absolute atomic E-state index is 13.1. The molecule has 14 nitrogen and oxygen atoms in total. The van der Waals surface area contributed by atoms with Gasteiger partial charge in [0.15, 0.2) is 9.84 Å². The first-order valence-electron chi connectivity index (χ1n) is 10.8. The van der Waals surface area contributed by atoms with Gasteiger partial charge in [-0.3, -0.25) is 14.8 Å². The van der Waals surface area contributed by atoms with Gasteiger partial charge in [0, 0.05) is 29.2 Å². The van der Waals surface area contributed by atoms with Gasteiger partial charge in [0.05, 0.1) is 26.1 Å². The maximum atomic E-state index is 13.1. The van der Waals surface area contributed by atoms with Crippen molar-refractivity contribution < 1.29 is 69.4 Å². The fourth-order valence-corrected chi connectivity index (χ4v) is 6.18.